The molecule has 1 amide bonds. The van der Waals surface area contributed by atoms with Gasteiger partial charge < -0.3 is 10.4 Å². The van der Waals surface area contributed by atoms with Gasteiger partial charge >= 0.3 is 0 Å². The number of hydrogen-bond acceptors (Lipinski definition) is 3. The van der Waals surface area contributed by atoms with E-state index in [1.54, 1.807) is 24.4 Å². The largest absolute Gasteiger partial charge is 0.395 e. The van der Waals surface area contributed by atoms with Gasteiger partial charge in [-0.2, -0.15) is 0 Å². The number of aliphatic hydroxyl groups is 1. The molecule has 91 valence electrons. The summed E-state index contributed by atoms with van der Waals surface area (Å²) in [6, 6.07) is 13.7. The summed E-state index contributed by atoms with van der Waals surface area (Å²) in [7, 11) is 0. The van der Waals surface area contributed by atoms with E-state index in [1.165, 1.54) is 0 Å². The Labute approximate surface area is 105 Å². The van der Waals surface area contributed by atoms with Gasteiger partial charge in [0.1, 0.15) is 0 Å². The Morgan fingerprint density at radius 2 is 2.06 bits per heavy atom. The summed E-state index contributed by atoms with van der Waals surface area (Å²) in [5.74, 6) is -0.190. The molecule has 2 aromatic rings. The molecule has 4 heteroatoms. The molecule has 18 heavy (non-hydrogen) atoms. The molecular formula is C14H13N2O2. The topological polar surface area (TPSA) is 62.2 Å². The van der Waals surface area contributed by atoms with Crippen LogP contribution in [0.1, 0.15) is 10.4 Å². The number of rotatable bonds is 4. The van der Waals surface area contributed by atoms with Crippen molar-refractivity contribution in [3.05, 3.63) is 54.2 Å². The minimum Gasteiger partial charge on any atom is -0.395 e. The molecule has 0 bridgehead atoms. The third-order valence-corrected chi connectivity index (χ3v) is 2.46. The predicted molar refractivity (Wildman–Crippen MR) is 67.9 cm³/mol. The zero-order chi connectivity index (χ0) is 12.8. The lowest BCUT2D eigenvalue weighted by molar-refractivity contribution is 0.0945. The normalized spacial score (nSPS) is 10.1. The second-order valence-corrected chi connectivity index (χ2v) is 3.70. The van der Waals surface area contributed by atoms with Gasteiger partial charge in [-0.3, -0.25) is 9.78 Å². The van der Waals surface area contributed by atoms with Gasteiger partial charge in [0, 0.05) is 29.9 Å². The highest BCUT2D eigenvalue weighted by atomic mass is 16.3. The van der Waals surface area contributed by atoms with Crippen LogP contribution >= 0.6 is 0 Å². The maximum Gasteiger partial charge on any atom is 0.251 e. The van der Waals surface area contributed by atoms with Crippen molar-refractivity contribution in [1.82, 2.24) is 10.3 Å². The Kier molecular flexibility index (Phi) is 4.04. The van der Waals surface area contributed by atoms with Gasteiger partial charge in [0.05, 0.1) is 12.3 Å². The first-order chi connectivity index (χ1) is 8.81. The van der Waals surface area contributed by atoms with Gasteiger partial charge in [-0.1, -0.05) is 18.2 Å². The van der Waals surface area contributed by atoms with Crippen LogP contribution in [0.5, 0.6) is 0 Å². The summed E-state index contributed by atoms with van der Waals surface area (Å²) in [6.45, 7) is 0.199. The van der Waals surface area contributed by atoms with Crippen molar-refractivity contribution in [3.63, 3.8) is 0 Å². The molecule has 2 N–H and O–H groups in total. The van der Waals surface area contributed by atoms with Crippen LogP contribution in [0, 0.1) is 6.07 Å². The van der Waals surface area contributed by atoms with E-state index in [9.17, 15) is 4.79 Å². The molecule has 0 saturated heterocycles. The van der Waals surface area contributed by atoms with E-state index in [4.69, 9.17) is 5.11 Å². The molecule has 0 fully saturated rings. The molecule has 0 aliphatic carbocycles. The van der Waals surface area contributed by atoms with Gasteiger partial charge in [0.15, 0.2) is 0 Å². The Balaban J connectivity index is 2.13. The molecule has 1 heterocycles. The second kappa shape index (κ2) is 5.93. The molecule has 0 saturated carbocycles. The summed E-state index contributed by atoms with van der Waals surface area (Å²) >= 11 is 0. The van der Waals surface area contributed by atoms with Gasteiger partial charge in [-0.15, -0.1) is 0 Å². The van der Waals surface area contributed by atoms with Crippen LogP contribution in [-0.4, -0.2) is 29.1 Å². The van der Waals surface area contributed by atoms with Crippen molar-refractivity contribution in [2.75, 3.05) is 13.2 Å². The van der Waals surface area contributed by atoms with E-state index in [0.29, 0.717) is 5.56 Å². The fourth-order valence-electron chi connectivity index (χ4n) is 1.55. The molecule has 1 radical (unpaired) electrons. The predicted octanol–water partition coefficient (Wildman–Crippen LogP) is 1.27. The molecular weight excluding hydrogens is 228 g/mol. The third-order valence-electron chi connectivity index (χ3n) is 2.46. The lowest BCUT2D eigenvalue weighted by Gasteiger charge is -2.04. The van der Waals surface area contributed by atoms with Crippen molar-refractivity contribution >= 4 is 5.91 Å². The average Bonchev–Trinajstić information content (AvgIpc) is 2.46. The van der Waals surface area contributed by atoms with Gasteiger partial charge in [-0.05, 0) is 18.2 Å². The van der Waals surface area contributed by atoms with Crippen LogP contribution in [0.2, 0.25) is 0 Å². The van der Waals surface area contributed by atoms with E-state index in [-0.39, 0.29) is 19.1 Å². The highest BCUT2D eigenvalue weighted by Crippen LogP contribution is 2.16. The maximum absolute atomic E-state index is 11.6. The fourth-order valence-corrected chi connectivity index (χ4v) is 1.55. The summed E-state index contributed by atoms with van der Waals surface area (Å²) in [6.07, 6.45) is 1.61. The zero-order valence-electron chi connectivity index (χ0n) is 9.76. The molecule has 1 aromatic heterocycles. The monoisotopic (exact) mass is 241 g/mol. The molecule has 4 nitrogen and oxygen atoms in total. The van der Waals surface area contributed by atoms with E-state index in [0.717, 1.165) is 11.3 Å². The number of carbonyl (C=O) groups is 1. The minimum absolute atomic E-state index is 0.0613. The summed E-state index contributed by atoms with van der Waals surface area (Å²) in [5.41, 5.74) is 2.36. The molecule has 0 atom stereocenters. The highest BCUT2D eigenvalue weighted by Gasteiger charge is 2.05. The number of benzene rings is 1. The van der Waals surface area contributed by atoms with Crippen molar-refractivity contribution in [2.24, 2.45) is 0 Å². The van der Waals surface area contributed by atoms with E-state index >= 15 is 0 Å². The number of pyridine rings is 1. The van der Waals surface area contributed by atoms with Gasteiger partial charge in [0.2, 0.25) is 0 Å². The number of nitrogens with one attached hydrogen (secondary N) is 1. The number of aliphatic hydroxyl groups excluding tert-OH is 1. The minimum atomic E-state index is -0.190. The SMILES string of the molecule is O=C(NCCO)c1ccc(-c2cc[c]cn2)cc1. The van der Waals surface area contributed by atoms with Crippen molar-refractivity contribution in [1.29, 1.82) is 0 Å². The molecule has 0 aliphatic heterocycles. The van der Waals surface area contributed by atoms with Crippen molar-refractivity contribution in [3.8, 4) is 11.3 Å². The Morgan fingerprint density at radius 1 is 1.28 bits per heavy atom. The van der Waals surface area contributed by atoms with Crippen LogP contribution in [0.4, 0.5) is 0 Å². The van der Waals surface area contributed by atoms with Crippen LogP contribution in [-0.2, 0) is 0 Å². The van der Waals surface area contributed by atoms with Crippen LogP contribution < -0.4 is 5.32 Å². The van der Waals surface area contributed by atoms with Crippen molar-refractivity contribution in [2.45, 2.75) is 0 Å². The molecule has 0 spiro atoms. The number of amides is 1. The number of hydrogen-bond donors (Lipinski definition) is 2. The van der Waals surface area contributed by atoms with E-state index in [1.807, 2.05) is 18.2 Å². The molecule has 2 rings (SSSR count). The van der Waals surface area contributed by atoms with Crippen LogP contribution in [0.3, 0.4) is 0 Å². The third kappa shape index (κ3) is 2.93. The molecule has 1 aromatic carbocycles. The zero-order valence-corrected chi connectivity index (χ0v) is 9.76. The van der Waals surface area contributed by atoms with Crippen LogP contribution in [0.25, 0.3) is 11.3 Å². The quantitative estimate of drug-likeness (QED) is 0.847. The second-order valence-electron chi connectivity index (χ2n) is 3.70. The lowest BCUT2D eigenvalue weighted by Crippen LogP contribution is -2.26. The first kappa shape index (κ1) is 12.3. The summed E-state index contributed by atoms with van der Waals surface area (Å²) in [4.78, 5) is 15.8. The Bertz CT molecular complexity index is 509. The summed E-state index contributed by atoms with van der Waals surface area (Å²) in [5, 5.41) is 11.2. The maximum atomic E-state index is 11.6. The number of aromatic nitrogens is 1. The first-order valence-electron chi connectivity index (χ1n) is 5.63. The average molecular weight is 241 g/mol. The Hall–Kier alpha value is -2.20. The first-order valence-corrected chi connectivity index (χ1v) is 5.63. The standard InChI is InChI=1S/C14H13N2O2/c17-10-9-16-14(18)12-6-4-11(5-7-12)13-3-1-2-8-15-13/h1,3-8,17H,9-10H2,(H,16,18). The van der Waals surface area contributed by atoms with Gasteiger partial charge in [0.25, 0.3) is 5.91 Å². The van der Waals surface area contributed by atoms with Gasteiger partial charge in [-0.25, -0.2) is 0 Å². The number of carbonyl (C=O) groups excluding carboxylic acids is 1. The fraction of sp³-hybridized carbons (Fsp3) is 0.143. The highest BCUT2D eigenvalue weighted by molar-refractivity contribution is 5.94. The number of nitrogens with zero attached hydrogens (tertiary/aromatic N) is 1. The summed E-state index contributed by atoms with van der Waals surface area (Å²) < 4.78 is 0. The van der Waals surface area contributed by atoms with Crippen molar-refractivity contribution < 1.29 is 9.90 Å². The lowest BCUT2D eigenvalue weighted by atomic mass is 10.1. The molecule has 0 unspecified atom stereocenters. The smallest absolute Gasteiger partial charge is 0.251 e. The Morgan fingerprint density at radius 3 is 2.67 bits per heavy atom. The van der Waals surface area contributed by atoms with Crippen LogP contribution in [0.15, 0.2) is 42.6 Å². The molecule has 0 aliphatic rings. The van der Waals surface area contributed by atoms with E-state index in [2.05, 4.69) is 16.4 Å². The van der Waals surface area contributed by atoms with E-state index < -0.39 is 0 Å².